The molecule has 0 radical (unpaired) electrons. The molecule has 0 bridgehead atoms. The molecule has 1 aromatic carbocycles. The van der Waals surface area contributed by atoms with Gasteiger partial charge in [-0.05, 0) is 60.4 Å². The van der Waals surface area contributed by atoms with E-state index in [1.807, 2.05) is 0 Å². The van der Waals surface area contributed by atoms with Crippen molar-refractivity contribution in [3.8, 4) is 11.1 Å². The number of pyridine rings is 1. The van der Waals surface area contributed by atoms with E-state index >= 15 is 0 Å². The van der Waals surface area contributed by atoms with Crippen LogP contribution in [0.25, 0.3) is 11.1 Å². The summed E-state index contributed by atoms with van der Waals surface area (Å²) in [6.07, 6.45) is 2.37. The number of benzene rings is 1. The lowest BCUT2D eigenvalue weighted by atomic mass is 9.87. The van der Waals surface area contributed by atoms with Gasteiger partial charge in [-0.2, -0.15) is 0 Å². The fourth-order valence-electron chi connectivity index (χ4n) is 4.32. The van der Waals surface area contributed by atoms with Crippen molar-refractivity contribution < 1.29 is 14.2 Å². The highest BCUT2D eigenvalue weighted by Gasteiger charge is 2.24. The average Bonchev–Trinajstić information content (AvgIpc) is 2.74. The number of rotatable bonds is 8. The van der Waals surface area contributed by atoms with Crippen molar-refractivity contribution in [2.24, 2.45) is 5.92 Å². The summed E-state index contributed by atoms with van der Waals surface area (Å²) in [5, 5.41) is 13.7. The van der Waals surface area contributed by atoms with E-state index in [2.05, 4.69) is 33.0 Å². The maximum atomic E-state index is 13.6. The van der Waals surface area contributed by atoms with Crippen LogP contribution < -0.4 is 5.32 Å². The average molecular weight is 415 g/mol. The van der Waals surface area contributed by atoms with Crippen LogP contribution >= 0.6 is 0 Å². The molecule has 0 amide bonds. The van der Waals surface area contributed by atoms with Crippen molar-refractivity contribution in [3.63, 3.8) is 0 Å². The summed E-state index contributed by atoms with van der Waals surface area (Å²) in [6, 6.07) is 6.51. The van der Waals surface area contributed by atoms with E-state index < -0.39 is 0 Å². The summed E-state index contributed by atoms with van der Waals surface area (Å²) in [6.45, 7) is 11.6. The Hall–Kier alpha value is -1.82. The SMILES string of the molecule is CC(C)c1nc(C(C)C)c(COCC2CCCNC2)c(-c2ccc(F)cc2)c1CO. The molecule has 0 saturated carbocycles. The molecule has 1 aromatic heterocycles. The number of hydrogen-bond donors (Lipinski definition) is 2. The van der Waals surface area contributed by atoms with E-state index in [4.69, 9.17) is 9.72 Å². The smallest absolute Gasteiger partial charge is 0.123 e. The third-order valence-electron chi connectivity index (χ3n) is 5.85. The predicted molar refractivity (Wildman–Crippen MR) is 119 cm³/mol. The lowest BCUT2D eigenvalue weighted by molar-refractivity contribution is 0.0777. The van der Waals surface area contributed by atoms with E-state index in [0.717, 1.165) is 46.7 Å². The zero-order valence-electron chi connectivity index (χ0n) is 18.7. The van der Waals surface area contributed by atoms with Crippen molar-refractivity contribution in [2.45, 2.75) is 65.6 Å². The standard InChI is InChI=1S/C25H35FN2O2/c1-16(2)24-21(13-29)23(19-7-9-20(26)10-8-19)22(25(28-24)17(3)4)15-30-14-18-6-5-11-27-12-18/h7-10,16-18,27,29H,5-6,11-15H2,1-4H3. The predicted octanol–water partition coefficient (Wildman–Crippen LogP) is 5.14. The number of nitrogens with zero attached hydrogens (tertiary/aromatic N) is 1. The van der Waals surface area contributed by atoms with Crippen LogP contribution in [0.2, 0.25) is 0 Å². The molecule has 2 heterocycles. The second-order valence-corrected chi connectivity index (χ2v) is 8.92. The van der Waals surface area contributed by atoms with Crippen molar-refractivity contribution >= 4 is 0 Å². The largest absolute Gasteiger partial charge is 0.392 e. The molecule has 5 heteroatoms. The molecule has 1 aliphatic heterocycles. The maximum absolute atomic E-state index is 13.6. The topological polar surface area (TPSA) is 54.4 Å². The van der Waals surface area contributed by atoms with Crippen LogP contribution in [0.5, 0.6) is 0 Å². The number of aromatic nitrogens is 1. The molecule has 3 rings (SSSR count). The molecule has 0 spiro atoms. The third-order valence-corrected chi connectivity index (χ3v) is 5.85. The minimum absolute atomic E-state index is 0.106. The summed E-state index contributed by atoms with van der Waals surface area (Å²) in [7, 11) is 0. The Morgan fingerprint density at radius 3 is 2.33 bits per heavy atom. The molecule has 2 N–H and O–H groups in total. The van der Waals surface area contributed by atoms with Crippen LogP contribution in [0.1, 0.15) is 74.9 Å². The van der Waals surface area contributed by atoms with Crippen molar-refractivity contribution in [1.29, 1.82) is 0 Å². The van der Waals surface area contributed by atoms with Gasteiger partial charge in [0.25, 0.3) is 0 Å². The Balaban J connectivity index is 2.05. The molecule has 1 aliphatic rings. The van der Waals surface area contributed by atoms with Gasteiger partial charge in [0.2, 0.25) is 0 Å². The van der Waals surface area contributed by atoms with E-state index in [0.29, 0.717) is 19.1 Å². The number of hydrogen-bond acceptors (Lipinski definition) is 4. The number of aliphatic hydroxyl groups is 1. The Morgan fingerprint density at radius 2 is 1.77 bits per heavy atom. The molecule has 1 atom stereocenters. The van der Waals surface area contributed by atoms with Gasteiger partial charge in [-0.25, -0.2) is 4.39 Å². The van der Waals surface area contributed by atoms with Gasteiger partial charge in [0, 0.05) is 29.1 Å². The first-order chi connectivity index (χ1) is 14.4. The lowest BCUT2D eigenvalue weighted by Crippen LogP contribution is -2.32. The number of aliphatic hydroxyl groups excluding tert-OH is 1. The molecule has 1 saturated heterocycles. The number of halogens is 1. The molecule has 4 nitrogen and oxygen atoms in total. The Bertz CT molecular complexity index is 828. The zero-order chi connectivity index (χ0) is 21.7. The summed E-state index contributed by atoms with van der Waals surface area (Å²) in [5.74, 6) is 0.640. The number of piperidine rings is 1. The number of ether oxygens (including phenoxy) is 1. The minimum Gasteiger partial charge on any atom is -0.392 e. The van der Waals surface area contributed by atoms with Crippen molar-refractivity contribution in [1.82, 2.24) is 10.3 Å². The Kier molecular flexibility index (Phi) is 7.98. The van der Waals surface area contributed by atoms with Crippen LogP contribution in [0.3, 0.4) is 0 Å². The van der Waals surface area contributed by atoms with Crippen LogP contribution in [0.15, 0.2) is 24.3 Å². The van der Waals surface area contributed by atoms with E-state index in [-0.39, 0.29) is 24.3 Å². The molecule has 2 aromatic rings. The summed E-state index contributed by atoms with van der Waals surface area (Å²) < 4.78 is 19.8. The van der Waals surface area contributed by atoms with Gasteiger partial charge in [-0.15, -0.1) is 0 Å². The fraction of sp³-hybridized carbons (Fsp3) is 0.560. The minimum atomic E-state index is -0.269. The zero-order valence-corrected chi connectivity index (χ0v) is 18.7. The lowest BCUT2D eigenvalue weighted by Gasteiger charge is -2.26. The highest BCUT2D eigenvalue weighted by Crippen LogP contribution is 2.37. The molecular formula is C25H35FN2O2. The molecular weight excluding hydrogens is 379 g/mol. The Morgan fingerprint density at radius 1 is 1.10 bits per heavy atom. The maximum Gasteiger partial charge on any atom is 0.123 e. The van der Waals surface area contributed by atoms with Gasteiger partial charge in [-0.1, -0.05) is 39.8 Å². The van der Waals surface area contributed by atoms with Gasteiger partial charge >= 0.3 is 0 Å². The molecule has 164 valence electrons. The van der Waals surface area contributed by atoms with Crippen molar-refractivity contribution in [3.05, 3.63) is 52.6 Å². The van der Waals surface area contributed by atoms with Gasteiger partial charge in [0.05, 0.1) is 19.8 Å². The first kappa shape index (κ1) is 22.9. The normalized spacial score (nSPS) is 17.1. The molecule has 0 aliphatic carbocycles. The second-order valence-electron chi connectivity index (χ2n) is 8.92. The number of nitrogens with one attached hydrogen (secondary N) is 1. The van der Waals surface area contributed by atoms with Crippen molar-refractivity contribution in [2.75, 3.05) is 19.7 Å². The summed E-state index contributed by atoms with van der Waals surface area (Å²) in [5.41, 5.74) is 5.57. The first-order valence-corrected chi connectivity index (χ1v) is 11.1. The van der Waals surface area contributed by atoms with Gasteiger partial charge in [0.1, 0.15) is 5.82 Å². The van der Waals surface area contributed by atoms with Gasteiger partial charge in [0.15, 0.2) is 0 Å². The second kappa shape index (κ2) is 10.5. The molecule has 1 unspecified atom stereocenters. The van der Waals surface area contributed by atoms with Crippen LogP contribution in [0.4, 0.5) is 4.39 Å². The first-order valence-electron chi connectivity index (χ1n) is 11.1. The van der Waals surface area contributed by atoms with E-state index in [9.17, 15) is 9.50 Å². The van der Waals surface area contributed by atoms with Gasteiger partial charge < -0.3 is 15.2 Å². The van der Waals surface area contributed by atoms with Gasteiger partial charge in [-0.3, -0.25) is 4.98 Å². The Labute approximate surface area is 179 Å². The quantitative estimate of drug-likeness (QED) is 0.628. The highest BCUT2D eigenvalue weighted by atomic mass is 19.1. The summed E-state index contributed by atoms with van der Waals surface area (Å²) >= 11 is 0. The molecule has 30 heavy (non-hydrogen) atoms. The summed E-state index contributed by atoms with van der Waals surface area (Å²) in [4.78, 5) is 4.99. The third kappa shape index (κ3) is 5.26. The van der Waals surface area contributed by atoms with E-state index in [1.165, 1.54) is 25.0 Å². The fourth-order valence-corrected chi connectivity index (χ4v) is 4.32. The molecule has 1 fully saturated rings. The van der Waals surface area contributed by atoms with Crippen LogP contribution in [-0.2, 0) is 18.0 Å². The van der Waals surface area contributed by atoms with Crippen LogP contribution in [-0.4, -0.2) is 29.8 Å². The highest BCUT2D eigenvalue weighted by molar-refractivity contribution is 5.73. The van der Waals surface area contributed by atoms with E-state index in [1.54, 1.807) is 12.1 Å². The monoisotopic (exact) mass is 414 g/mol. The van der Waals surface area contributed by atoms with Crippen LogP contribution in [0, 0.1) is 11.7 Å².